The van der Waals surface area contributed by atoms with Gasteiger partial charge < -0.3 is 37.6 Å². The van der Waals surface area contributed by atoms with Gasteiger partial charge in [0.05, 0.1) is 12.5 Å². The lowest BCUT2D eigenvalue weighted by molar-refractivity contribution is -0.144. The molecular formula is C21H37N5O8. The molecule has 0 fully saturated rings. The summed E-state index contributed by atoms with van der Waals surface area (Å²) in [7, 11) is 0. The zero-order valence-corrected chi connectivity index (χ0v) is 20.0. The van der Waals surface area contributed by atoms with Crippen molar-refractivity contribution in [3.63, 3.8) is 0 Å². The summed E-state index contributed by atoms with van der Waals surface area (Å²) in [6, 6.07) is -5.07. The Kier molecular flexibility index (Phi) is 13.4. The summed E-state index contributed by atoms with van der Waals surface area (Å²) < 4.78 is 0. The molecule has 0 spiro atoms. The summed E-state index contributed by atoms with van der Waals surface area (Å²) in [6.07, 6.45) is -0.187. The zero-order chi connectivity index (χ0) is 26.6. The van der Waals surface area contributed by atoms with Crippen molar-refractivity contribution in [1.29, 1.82) is 0 Å². The molecule has 0 aliphatic carbocycles. The Bertz CT molecular complexity index is 759. The fraction of sp³-hybridized carbons (Fsp3) is 0.714. The Hall–Kier alpha value is -3.22. The summed E-state index contributed by atoms with van der Waals surface area (Å²) >= 11 is 0. The van der Waals surface area contributed by atoms with E-state index < -0.39 is 78.0 Å². The van der Waals surface area contributed by atoms with Gasteiger partial charge in [-0.1, -0.05) is 40.5 Å². The number of hydrogen-bond acceptors (Lipinski definition) is 7. The number of carboxylic acids is 2. The van der Waals surface area contributed by atoms with Gasteiger partial charge in [0.25, 0.3) is 0 Å². The number of rotatable bonds is 16. The second kappa shape index (κ2) is 14.8. The summed E-state index contributed by atoms with van der Waals surface area (Å²) in [4.78, 5) is 71.8. The second-order valence-electron chi connectivity index (χ2n) is 8.35. The molecule has 0 aromatic heterocycles. The van der Waals surface area contributed by atoms with E-state index >= 15 is 0 Å². The van der Waals surface area contributed by atoms with Crippen molar-refractivity contribution in [2.45, 2.75) is 84.0 Å². The molecule has 0 radical (unpaired) electrons. The molecule has 13 heteroatoms. The molecule has 0 aliphatic rings. The van der Waals surface area contributed by atoms with Gasteiger partial charge in [-0.25, -0.2) is 4.79 Å². The number of carbonyl (C=O) groups excluding carboxylic acids is 4. The lowest BCUT2D eigenvalue weighted by Gasteiger charge is -2.28. The average molecular weight is 488 g/mol. The molecule has 0 saturated heterocycles. The van der Waals surface area contributed by atoms with Crippen LogP contribution in [0.25, 0.3) is 0 Å². The van der Waals surface area contributed by atoms with Crippen LogP contribution in [0.5, 0.6) is 0 Å². The summed E-state index contributed by atoms with van der Waals surface area (Å²) in [5, 5.41) is 25.5. The van der Waals surface area contributed by atoms with Crippen molar-refractivity contribution < 1.29 is 39.0 Å². The van der Waals surface area contributed by atoms with Crippen molar-refractivity contribution >= 4 is 35.6 Å². The minimum absolute atomic E-state index is 0.195. The third-order valence-electron chi connectivity index (χ3n) is 5.61. The largest absolute Gasteiger partial charge is 0.481 e. The lowest BCUT2D eigenvalue weighted by Crippen LogP contribution is -2.59. The minimum atomic E-state index is -1.39. The average Bonchev–Trinajstić information content (AvgIpc) is 2.75. The zero-order valence-electron chi connectivity index (χ0n) is 20.0. The van der Waals surface area contributed by atoms with Crippen LogP contribution in [-0.4, -0.2) is 69.9 Å². The van der Waals surface area contributed by atoms with Gasteiger partial charge in [-0.05, 0) is 18.3 Å². The topological polar surface area (TPSA) is 231 Å². The maximum Gasteiger partial charge on any atom is 0.326 e. The van der Waals surface area contributed by atoms with Crippen LogP contribution < -0.4 is 27.4 Å². The van der Waals surface area contributed by atoms with Gasteiger partial charge in [0, 0.05) is 6.42 Å². The van der Waals surface area contributed by atoms with Gasteiger partial charge in [-0.3, -0.25) is 24.0 Å². The normalized spacial score (nSPS) is 16.1. The summed E-state index contributed by atoms with van der Waals surface area (Å²) in [5.74, 6) is -6.54. The van der Waals surface area contributed by atoms with Crippen LogP contribution in [0.2, 0.25) is 0 Å². The Balaban J connectivity index is 5.68. The second-order valence-corrected chi connectivity index (χ2v) is 8.35. The predicted octanol–water partition coefficient (Wildman–Crippen LogP) is -1.31. The van der Waals surface area contributed by atoms with E-state index in [9.17, 15) is 33.9 Å². The van der Waals surface area contributed by atoms with Gasteiger partial charge in [-0.15, -0.1) is 0 Å². The first kappa shape index (κ1) is 30.8. The van der Waals surface area contributed by atoms with Crippen LogP contribution in [-0.2, 0) is 28.8 Å². The van der Waals surface area contributed by atoms with E-state index in [0.717, 1.165) is 0 Å². The van der Waals surface area contributed by atoms with Crippen LogP contribution in [0.4, 0.5) is 0 Å². The standard InChI is InChI=1S/C21H37N5O8/c1-5-10(3)16(25-18(30)12(22)9-15(28)29)20(32)24-13(7-8-14(23)27)19(31)26-17(21(33)34)11(4)6-2/h10-13,16-17H,5-9,22H2,1-4H3,(H2,23,27)(H,24,32)(H,25,30)(H,26,31)(H,28,29)(H,33,34). The van der Waals surface area contributed by atoms with Crippen LogP contribution in [0.3, 0.4) is 0 Å². The van der Waals surface area contributed by atoms with E-state index in [1.165, 1.54) is 0 Å². The van der Waals surface area contributed by atoms with Crippen molar-refractivity contribution in [3.05, 3.63) is 0 Å². The van der Waals surface area contributed by atoms with E-state index in [1.54, 1.807) is 27.7 Å². The number of nitrogens with two attached hydrogens (primary N) is 2. The highest BCUT2D eigenvalue weighted by Gasteiger charge is 2.33. The molecule has 0 heterocycles. The first-order chi connectivity index (χ1) is 15.7. The van der Waals surface area contributed by atoms with Crippen molar-refractivity contribution in [3.8, 4) is 0 Å². The van der Waals surface area contributed by atoms with E-state index in [2.05, 4.69) is 16.0 Å². The smallest absolute Gasteiger partial charge is 0.326 e. The van der Waals surface area contributed by atoms with E-state index in [4.69, 9.17) is 16.6 Å². The van der Waals surface area contributed by atoms with Crippen molar-refractivity contribution in [1.82, 2.24) is 16.0 Å². The molecule has 34 heavy (non-hydrogen) atoms. The van der Waals surface area contributed by atoms with Gasteiger partial charge in [0.1, 0.15) is 18.1 Å². The molecule has 4 amide bonds. The maximum absolute atomic E-state index is 13.0. The number of hydrogen-bond donors (Lipinski definition) is 7. The van der Waals surface area contributed by atoms with Crippen LogP contribution in [0, 0.1) is 11.8 Å². The quantitative estimate of drug-likeness (QED) is 0.137. The molecule has 0 aliphatic heterocycles. The molecule has 9 N–H and O–H groups in total. The molecule has 194 valence electrons. The van der Waals surface area contributed by atoms with Crippen molar-refractivity contribution in [2.75, 3.05) is 0 Å². The molecule has 0 saturated carbocycles. The summed E-state index contributed by atoms with van der Waals surface area (Å²) in [5.41, 5.74) is 10.7. The first-order valence-corrected chi connectivity index (χ1v) is 11.1. The van der Waals surface area contributed by atoms with Crippen molar-refractivity contribution in [2.24, 2.45) is 23.3 Å². The summed E-state index contributed by atoms with van der Waals surface area (Å²) in [6.45, 7) is 6.82. The first-order valence-electron chi connectivity index (χ1n) is 11.1. The Labute approximate surface area is 198 Å². The number of nitrogens with one attached hydrogen (secondary N) is 3. The maximum atomic E-state index is 13.0. The molecular weight excluding hydrogens is 450 g/mol. The third kappa shape index (κ3) is 10.6. The molecule has 0 aromatic rings. The molecule has 6 atom stereocenters. The van der Waals surface area contributed by atoms with Crippen LogP contribution in [0.15, 0.2) is 0 Å². The number of carbonyl (C=O) groups is 6. The molecule has 6 unspecified atom stereocenters. The highest BCUT2D eigenvalue weighted by molar-refractivity contribution is 5.95. The molecule has 13 nitrogen and oxygen atoms in total. The fourth-order valence-corrected chi connectivity index (χ4v) is 3.00. The van der Waals surface area contributed by atoms with Crippen LogP contribution >= 0.6 is 0 Å². The van der Waals surface area contributed by atoms with Gasteiger partial charge in [0.15, 0.2) is 0 Å². The van der Waals surface area contributed by atoms with E-state index in [0.29, 0.717) is 12.8 Å². The lowest BCUT2D eigenvalue weighted by atomic mass is 9.96. The van der Waals surface area contributed by atoms with Gasteiger partial charge in [-0.2, -0.15) is 0 Å². The Morgan fingerprint density at radius 3 is 1.74 bits per heavy atom. The molecule has 0 rings (SSSR count). The third-order valence-corrected chi connectivity index (χ3v) is 5.61. The van der Waals surface area contributed by atoms with E-state index in [-0.39, 0.29) is 12.8 Å². The number of carboxylic acid groups (broad SMARTS) is 2. The molecule has 0 bridgehead atoms. The highest BCUT2D eigenvalue weighted by Crippen LogP contribution is 2.12. The van der Waals surface area contributed by atoms with E-state index in [1.807, 2.05) is 0 Å². The van der Waals surface area contributed by atoms with Crippen LogP contribution in [0.1, 0.15) is 59.8 Å². The number of primary amides is 1. The predicted molar refractivity (Wildman–Crippen MR) is 121 cm³/mol. The Morgan fingerprint density at radius 2 is 1.29 bits per heavy atom. The van der Waals surface area contributed by atoms with Gasteiger partial charge >= 0.3 is 11.9 Å². The number of aliphatic carboxylic acids is 2. The fourth-order valence-electron chi connectivity index (χ4n) is 3.00. The minimum Gasteiger partial charge on any atom is -0.481 e. The van der Waals surface area contributed by atoms with Gasteiger partial charge in [0.2, 0.25) is 23.6 Å². The Morgan fingerprint density at radius 1 is 0.794 bits per heavy atom. The SMILES string of the molecule is CCC(C)C(NC(=O)C(CCC(N)=O)NC(=O)C(NC(=O)C(N)CC(=O)O)C(C)CC)C(=O)O. The monoisotopic (exact) mass is 487 g/mol. The number of amides is 4. The molecule has 0 aromatic carbocycles. The highest BCUT2D eigenvalue weighted by atomic mass is 16.4.